The number of nitrogens with zero attached hydrogens (tertiary/aromatic N) is 4. The van der Waals surface area contributed by atoms with Crippen molar-refractivity contribution in [1.82, 2.24) is 30.8 Å². The second kappa shape index (κ2) is 12.2. The fourth-order valence-corrected chi connectivity index (χ4v) is 3.61. The Morgan fingerprint density at radius 2 is 1.11 bits per heavy atom. The highest BCUT2D eigenvalue weighted by Crippen LogP contribution is 2.10. The molecule has 10 heteroatoms. The lowest BCUT2D eigenvalue weighted by molar-refractivity contribution is -0.121. The normalized spacial score (nSPS) is 11.7. The second-order valence-corrected chi connectivity index (χ2v) is 8.13. The summed E-state index contributed by atoms with van der Waals surface area (Å²) in [6, 6.07) is 15.4. The van der Waals surface area contributed by atoms with Gasteiger partial charge in [-0.2, -0.15) is 10.2 Å². The van der Waals surface area contributed by atoms with E-state index >= 15 is 0 Å². The highest BCUT2D eigenvalue weighted by atomic mass is 16.2. The summed E-state index contributed by atoms with van der Waals surface area (Å²) >= 11 is 0. The summed E-state index contributed by atoms with van der Waals surface area (Å²) in [5.74, 6) is 0.935. The fourth-order valence-electron chi connectivity index (χ4n) is 3.61. The third-order valence-electron chi connectivity index (χ3n) is 5.38. The Bertz CT molecular complexity index is 1170. The van der Waals surface area contributed by atoms with Gasteiger partial charge >= 0.3 is 0 Å². The molecule has 0 atom stereocenters. The Kier molecular flexibility index (Phi) is 8.31. The summed E-state index contributed by atoms with van der Waals surface area (Å²) < 4.78 is 0. The molecule has 0 aliphatic heterocycles. The highest BCUT2D eigenvalue weighted by Gasteiger charge is 2.03. The number of H-pyrrole nitrogens is 2. The average molecular weight is 473 g/mol. The summed E-state index contributed by atoms with van der Waals surface area (Å²) in [4.78, 5) is 38.8. The van der Waals surface area contributed by atoms with Gasteiger partial charge in [-0.25, -0.2) is 20.8 Å². The number of imidazole rings is 2. The zero-order valence-electron chi connectivity index (χ0n) is 19.3. The molecule has 2 aromatic carbocycles. The molecule has 35 heavy (non-hydrogen) atoms. The lowest BCUT2D eigenvalue weighted by Gasteiger charge is -2.02. The summed E-state index contributed by atoms with van der Waals surface area (Å²) in [6.07, 6.45) is 8.19. The molecule has 0 aliphatic rings. The van der Waals surface area contributed by atoms with Gasteiger partial charge in [0.05, 0.1) is 34.5 Å². The second-order valence-electron chi connectivity index (χ2n) is 8.13. The van der Waals surface area contributed by atoms with Crippen molar-refractivity contribution in [2.24, 2.45) is 10.2 Å². The van der Waals surface area contributed by atoms with Crippen LogP contribution in [-0.4, -0.2) is 44.2 Å². The van der Waals surface area contributed by atoms with Gasteiger partial charge in [-0.3, -0.25) is 9.59 Å². The number of aromatic nitrogens is 4. The van der Waals surface area contributed by atoms with E-state index in [1.54, 1.807) is 0 Å². The Labute approximate surface area is 202 Å². The van der Waals surface area contributed by atoms with E-state index in [0.717, 1.165) is 54.2 Å². The number of rotatable bonds is 12. The van der Waals surface area contributed by atoms with Gasteiger partial charge in [0.25, 0.3) is 0 Å². The minimum absolute atomic E-state index is 0.126. The smallest absolute Gasteiger partial charge is 0.240 e. The van der Waals surface area contributed by atoms with Gasteiger partial charge in [-0.15, -0.1) is 0 Å². The molecule has 0 radical (unpaired) electrons. The van der Waals surface area contributed by atoms with Crippen molar-refractivity contribution in [2.75, 3.05) is 0 Å². The summed E-state index contributed by atoms with van der Waals surface area (Å²) in [6.45, 7) is 0. The van der Waals surface area contributed by atoms with Gasteiger partial charge in [0.2, 0.25) is 11.8 Å². The Hall–Kier alpha value is -4.34. The molecule has 0 bridgehead atoms. The lowest BCUT2D eigenvalue weighted by Crippen LogP contribution is -2.17. The molecule has 0 unspecified atom stereocenters. The van der Waals surface area contributed by atoms with E-state index in [2.05, 4.69) is 41.0 Å². The number of benzene rings is 2. The molecule has 0 fully saturated rings. The van der Waals surface area contributed by atoms with E-state index in [-0.39, 0.29) is 11.8 Å². The van der Waals surface area contributed by atoms with Crippen molar-refractivity contribution in [3.05, 3.63) is 60.2 Å². The quantitative estimate of drug-likeness (QED) is 0.141. The first kappa shape index (κ1) is 23.8. The topological polar surface area (TPSA) is 140 Å². The van der Waals surface area contributed by atoms with Crippen molar-refractivity contribution >= 4 is 46.3 Å². The van der Waals surface area contributed by atoms with Crippen molar-refractivity contribution in [3.8, 4) is 0 Å². The number of aromatic amines is 2. The number of amides is 2. The van der Waals surface area contributed by atoms with Crippen LogP contribution in [0.2, 0.25) is 0 Å². The van der Waals surface area contributed by atoms with Gasteiger partial charge in [-0.05, 0) is 37.1 Å². The number of nitrogens with one attached hydrogen (secondary N) is 4. The molecule has 2 heterocycles. The number of unbranched alkanes of at least 4 members (excludes halogenated alkanes) is 4. The average Bonchev–Trinajstić information content (AvgIpc) is 3.46. The standard InChI is InChI=1S/C25H28N8O2/c34-24(32-26-16-22-28-18-10-6-7-11-19(18)29-22)14-4-2-1-3-5-15-25(35)33-27-17-23-30-20-12-8-9-13-21(20)31-23/h6-13,16-17H,1-5,14-15H2,(H,28,29)(H,30,31)(H,32,34)(H,33,35)/b26-16-,27-17-. The molecule has 4 rings (SSSR count). The minimum Gasteiger partial charge on any atom is -0.337 e. The van der Waals surface area contributed by atoms with Crippen LogP contribution < -0.4 is 10.9 Å². The zero-order valence-corrected chi connectivity index (χ0v) is 19.3. The third-order valence-corrected chi connectivity index (χ3v) is 5.38. The van der Waals surface area contributed by atoms with Crippen molar-refractivity contribution in [3.63, 3.8) is 0 Å². The molecule has 2 aromatic heterocycles. The molecule has 180 valence electrons. The summed E-state index contributed by atoms with van der Waals surface area (Å²) in [5, 5.41) is 7.92. The monoisotopic (exact) mass is 472 g/mol. The maximum absolute atomic E-state index is 11.9. The summed E-state index contributed by atoms with van der Waals surface area (Å²) in [5.41, 5.74) is 8.62. The first-order valence-corrected chi connectivity index (χ1v) is 11.7. The van der Waals surface area contributed by atoms with E-state index in [1.165, 1.54) is 12.4 Å². The van der Waals surface area contributed by atoms with Gasteiger partial charge < -0.3 is 9.97 Å². The van der Waals surface area contributed by atoms with Gasteiger partial charge in [0.1, 0.15) is 0 Å². The van der Waals surface area contributed by atoms with Gasteiger partial charge in [0.15, 0.2) is 11.6 Å². The molecule has 0 spiro atoms. The van der Waals surface area contributed by atoms with E-state index in [4.69, 9.17) is 0 Å². The van der Waals surface area contributed by atoms with Crippen LogP contribution in [0.4, 0.5) is 0 Å². The summed E-state index contributed by atoms with van der Waals surface area (Å²) in [7, 11) is 0. The number of carbonyl (C=O) groups excluding carboxylic acids is 2. The van der Waals surface area contributed by atoms with Crippen LogP contribution in [0.15, 0.2) is 58.7 Å². The SMILES string of the molecule is O=C(CCCCCCCC(=O)N/N=C\c1nc2ccccc2[nH]1)N/N=C\c1nc2ccccc2[nH]1. The molecule has 0 aliphatic carbocycles. The van der Waals surface area contributed by atoms with Gasteiger partial charge in [-0.1, -0.05) is 43.5 Å². The minimum atomic E-state index is -0.126. The fraction of sp³-hybridized carbons (Fsp3) is 0.280. The maximum atomic E-state index is 11.9. The van der Waals surface area contributed by atoms with E-state index < -0.39 is 0 Å². The first-order chi connectivity index (χ1) is 17.2. The molecule has 0 saturated carbocycles. The Balaban J connectivity index is 1.02. The zero-order chi connectivity index (χ0) is 24.3. The highest BCUT2D eigenvalue weighted by molar-refractivity contribution is 5.86. The predicted molar refractivity (Wildman–Crippen MR) is 136 cm³/mol. The molecule has 4 N–H and O–H groups in total. The van der Waals surface area contributed by atoms with Crippen molar-refractivity contribution < 1.29 is 9.59 Å². The first-order valence-electron chi connectivity index (χ1n) is 11.7. The Morgan fingerprint density at radius 3 is 1.57 bits per heavy atom. The molecule has 10 nitrogen and oxygen atoms in total. The molecule has 2 amide bonds. The van der Waals surface area contributed by atoms with Crippen LogP contribution in [0, 0.1) is 0 Å². The van der Waals surface area contributed by atoms with E-state index in [1.807, 2.05) is 48.5 Å². The number of hydrogen-bond donors (Lipinski definition) is 4. The van der Waals surface area contributed by atoms with Crippen LogP contribution in [0.5, 0.6) is 0 Å². The molecule has 0 saturated heterocycles. The lowest BCUT2D eigenvalue weighted by atomic mass is 10.1. The van der Waals surface area contributed by atoms with Crippen LogP contribution in [0.1, 0.15) is 56.6 Å². The van der Waals surface area contributed by atoms with Crippen LogP contribution in [-0.2, 0) is 9.59 Å². The number of hydrogen-bond acceptors (Lipinski definition) is 6. The molecular formula is C25H28N8O2. The number of carbonyl (C=O) groups is 2. The van der Waals surface area contributed by atoms with Crippen molar-refractivity contribution in [2.45, 2.75) is 44.9 Å². The largest absolute Gasteiger partial charge is 0.337 e. The predicted octanol–water partition coefficient (Wildman–Crippen LogP) is 3.77. The van der Waals surface area contributed by atoms with E-state index in [0.29, 0.717) is 24.5 Å². The van der Waals surface area contributed by atoms with Crippen LogP contribution in [0.25, 0.3) is 22.1 Å². The number of fused-ring (bicyclic) bond motifs is 2. The van der Waals surface area contributed by atoms with Crippen LogP contribution in [0.3, 0.4) is 0 Å². The third kappa shape index (κ3) is 7.32. The Morgan fingerprint density at radius 1 is 0.686 bits per heavy atom. The molecular weight excluding hydrogens is 444 g/mol. The number of hydrazone groups is 2. The van der Waals surface area contributed by atoms with Crippen molar-refractivity contribution in [1.29, 1.82) is 0 Å². The number of para-hydroxylation sites is 4. The van der Waals surface area contributed by atoms with Crippen LogP contribution >= 0.6 is 0 Å². The van der Waals surface area contributed by atoms with Gasteiger partial charge in [0, 0.05) is 12.8 Å². The van der Waals surface area contributed by atoms with E-state index in [9.17, 15) is 9.59 Å². The molecule has 4 aromatic rings. The maximum Gasteiger partial charge on any atom is 0.240 e.